The Morgan fingerprint density at radius 3 is 2.22 bits per heavy atom. The number of benzene rings is 2. The fourth-order valence-corrected chi connectivity index (χ4v) is 3.31. The molecule has 0 spiro atoms. The Hall–Kier alpha value is -2.82. The summed E-state index contributed by atoms with van der Waals surface area (Å²) in [5.74, 6) is 0.693. The average molecular weight is 366 g/mol. The van der Waals surface area contributed by atoms with Gasteiger partial charge in [0.25, 0.3) is 5.91 Å². The van der Waals surface area contributed by atoms with E-state index in [-0.39, 0.29) is 11.8 Å². The molecule has 0 N–H and O–H groups in total. The summed E-state index contributed by atoms with van der Waals surface area (Å²) in [5.41, 5.74) is 2.97. The van der Waals surface area contributed by atoms with E-state index in [2.05, 4.69) is 31.2 Å². The van der Waals surface area contributed by atoms with E-state index in [1.165, 1.54) is 11.1 Å². The van der Waals surface area contributed by atoms with Crippen molar-refractivity contribution in [3.05, 3.63) is 65.2 Å². The van der Waals surface area contributed by atoms with Gasteiger partial charge in [-0.3, -0.25) is 9.59 Å². The number of hydrogen-bond donors (Lipinski definition) is 0. The van der Waals surface area contributed by atoms with Crippen molar-refractivity contribution >= 4 is 11.8 Å². The molecule has 0 unspecified atom stereocenters. The molecular weight excluding hydrogens is 340 g/mol. The van der Waals surface area contributed by atoms with Gasteiger partial charge in [0.15, 0.2) is 0 Å². The van der Waals surface area contributed by atoms with Crippen LogP contribution in [0.4, 0.5) is 0 Å². The van der Waals surface area contributed by atoms with Crippen LogP contribution in [0.25, 0.3) is 0 Å². The van der Waals surface area contributed by atoms with E-state index in [0.717, 1.165) is 6.42 Å². The van der Waals surface area contributed by atoms with Crippen molar-refractivity contribution in [3.8, 4) is 5.75 Å². The first kappa shape index (κ1) is 19.0. The van der Waals surface area contributed by atoms with Crippen molar-refractivity contribution in [2.45, 2.75) is 19.8 Å². The second-order valence-corrected chi connectivity index (χ2v) is 6.86. The largest absolute Gasteiger partial charge is 0.496 e. The van der Waals surface area contributed by atoms with Crippen LogP contribution in [-0.2, 0) is 11.2 Å². The highest BCUT2D eigenvalue weighted by molar-refractivity contribution is 5.97. The Morgan fingerprint density at radius 1 is 0.926 bits per heavy atom. The highest BCUT2D eigenvalue weighted by Gasteiger charge is 2.26. The smallest absolute Gasteiger partial charge is 0.257 e. The first-order valence-electron chi connectivity index (χ1n) is 9.34. The molecule has 142 valence electrons. The van der Waals surface area contributed by atoms with Crippen LogP contribution < -0.4 is 4.74 Å². The maximum absolute atomic E-state index is 12.7. The Bertz CT molecular complexity index is 793. The average Bonchev–Trinajstić information content (AvgIpc) is 2.72. The number of nitrogens with zero attached hydrogens (tertiary/aromatic N) is 2. The molecule has 0 bridgehead atoms. The van der Waals surface area contributed by atoms with Gasteiger partial charge in [-0.25, -0.2) is 0 Å². The van der Waals surface area contributed by atoms with Gasteiger partial charge < -0.3 is 14.5 Å². The minimum Gasteiger partial charge on any atom is -0.496 e. The number of aryl methyl sites for hydroxylation is 2. The quantitative estimate of drug-likeness (QED) is 0.818. The maximum atomic E-state index is 12.7. The van der Waals surface area contributed by atoms with E-state index in [0.29, 0.717) is 43.9 Å². The molecule has 3 rings (SSSR count). The first-order chi connectivity index (χ1) is 13.1. The van der Waals surface area contributed by atoms with Crippen LogP contribution in [0.5, 0.6) is 5.75 Å². The van der Waals surface area contributed by atoms with Crippen molar-refractivity contribution in [1.29, 1.82) is 0 Å². The fraction of sp³-hybridized carbons (Fsp3) is 0.364. The number of para-hydroxylation sites is 1. The lowest BCUT2D eigenvalue weighted by atomic mass is 10.1. The molecule has 0 saturated carbocycles. The van der Waals surface area contributed by atoms with Gasteiger partial charge in [-0.15, -0.1) is 0 Å². The molecule has 1 fully saturated rings. The second kappa shape index (κ2) is 8.71. The third-order valence-electron chi connectivity index (χ3n) is 5.01. The summed E-state index contributed by atoms with van der Waals surface area (Å²) in [7, 11) is 1.57. The van der Waals surface area contributed by atoms with Crippen LogP contribution in [0.3, 0.4) is 0 Å². The van der Waals surface area contributed by atoms with Crippen LogP contribution in [0.2, 0.25) is 0 Å². The topological polar surface area (TPSA) is 49.9 Å². The van der Waals surface area contributed by atoms with Crippen molar-refractivity contribution in [2.75, 3.05) is 33.3 Å². The van der Waals surface area contributed by atoms with Gasteiger partial charge in [-0.05, 0) is 31.0 Å². The van der Waals surface area contributed by atoms with E-state index < -0.39 is 0 Å². The number of ether oxygens (including phenoxy) is 1. The lowest BCUT2D eigenvalue weighted by molar-refractivity contribution is -0.132. The van der Waals surface area contributed by atoms with Crippen LogP contribution in [0, 0.1) is 6.92 Å². The summed E-state index contributed by atoms with van der Waals surface area (Å²) >= 11 is 0. The van der Waals surface area contributed by atoms with Gasteiger partial charge in [0.2, 0.25) is 5.91 Å². The van der Waals surface area contributed by atoms with E-state index in [1.54, 1.807) is 24.1 Å². The summed E-state index contributed by atoms with van der Waals surface area (Å²) in [4.78, 5) is 28.9. The summed E-state index contributed by atoms with van der Waals surface area (Å²) in [6.45, 7) is 4.31. The molecule has 0 radical (unpaired) electrons. The molecule has 1 heterocycles. The number of piperazine rings is 1. The van der Waals surface area contributed by atoms with Crippen LogP contribution in [-0.4, -0.2) is 54.9 Å². The van der Waals surface area contributed by atoms with Gasteiger partial charge in [0, 0.05) is 32.6 Å². The SMILES string of the molecule is COc1ccccc1C(=O)N1CCN(C(=O)CCc2ccc(C)cc2)CC1. The van der Waals surface area contributed by atoms with Gasteiger partial charge in [-0.1, -0.05) is 42.0 Å². The van der Waals surface area contributed by atoms with Gasteiger partial charge in [0.05, 0.1) is 12.7 Å². The highest BCUT2D eigenvalue weighted by Crippen LogP contribution is 2.20. The molecule has 0 atom stereocenters. The van der Waals surface area contributed by atoms with Crippen LogP contribution in [0.1, 0.15) is 27.9 Å². The molecule has 0 aromatic heterocycles. The zero-order chi connectivity index (χ0) is 19.2. The number of carbonyl (C=O) groups is 2. The Morgan fingerprint density at radius 2 is 1.56 bits per heavy atom. The minimum atomic E-state index is -0.0424. The molecule has 1 saturated heterocycles. The van der Waals surface area contributed by atoms with E-state index in [4.69, 9.17) is 4.74 Å². The summed E-state index contributed by atoms with van der Waals surface area (Å²) in [5, 5.41) is 0. The molecule has 5 nitrogen and oxygen atoms in total. The van der Waals surface area contributed by atoms with Crippen LogP contribution in [0.15, 0.2) is 48.5 Å². The van der Waals surface area contributed by atoms with Crippen molar-refractivity contribution < 1.29 is 14.3 Å². The molecule has 1 aliphatic rings. The predicted molar refractivity (Wildman–Crippen MR) is 105 cm³/mol. The molecule has 1 aliphatic heterocycles. The van der Waals surface area contributed by atoms with E-state index >= 15 is 0 Å². The number of hydrogen-bond acceptors (Lipinski definition) is 3. The molecule has 2 aromatic carbocycles. The molecule has 2 aromatic rings. The van der Waals surface area contributed by atoms with Crippen molar-refractivity contribution in [3.63, 3.8) is 0 Å². The Labute approximate surface area is 160 Å². The monoisotopic (exact) mass is 366 g/mol. The molecule has 27 heavy (non-hydrogen) atoms. The molecule has 5 heteroatoms. The third kappa shape index (κ3) is 4.67. The summed E-state index contributed by atoms with van der Waals surface area (Å²) in [6.07, 6.45) is 1.25. The third-order valence-corrected chi connectivity index (χ3v) is 5.01. The van der Waals surface area contributed by atoms with Crippen LogP contribution >= 0.6 is 0 Å². The van der Waals surface area contributed by atoms with Gasteiger partial charge in [-0.2, -0.15) is 0 Å². The standard InChI is InChI=1S/C22H26N2O3/c1-17-7-9-18(10-8-17)11-12-21(25)23-13-15-24(16-14-23)22(26)19-5-3-4-6-20(19)27-2/h3-10H,11-16H2,1-2H3. The minimum absolute atomic E-state index is 0.0424. The molecule has 0 aliphatic carbocycles. The number of carbonyl (C=O) groups excluding carboxylic acids is 2. The first-order valence-corrected chi connectivity index (χ1v) is 9.34. The Kier molecular flexibility index (Phi) is 6.12. The maximum Gasteiger partial charge on any atom is 0.257 e. The van der Waals surface area contributed by atoms with Crippen molar-refractivity contribution in [1.82, 2.24) is 9.80 Å². The highest BCUT2D eigenvalue weighted by atomic mass is 16.5. The van der Waals surface area contributed by atoms with E-state index in [1.807, 2.05) is 17.0 Å². The summed E-state index contributed by atoms with van der Waals surface area (Å²) < 4.78 is 5.29. The number of rotatable bonds is 5. The zero-order valence-electron chi connectivity index (χ0n) is 16.0. The Balaban J connectivity index is 1.51. The van der Waals surface area contributed by atoms with Crippen molar-refractivity contribution in [2.24, 2.45) is 0 Å². The zero-order valence-corrected chi connectivity index (χ0v) is 16.0. The number of amides is 2. The second-order valence-electron chi connectivity index (χ2n) is 6.86. The number of methoxy groups -OCH3 is 1. The van der Waals surface area contributed by atoms with E-state index in [9.17, 15) is 9.59 Å². The predicted octanol–water partition coefficient (Wildman–Crippen LogP) is 2.92. The normalized spacial score (nSPS) is 14.1. The lowest BCUT2D eigenvalue weighted by Gasteiger charge is -2.35. The molecule has 2 amide bonds. The van der Waals surface area contributed by atoms with Gasteiger partial charge >= 0.3 is 0 Å². The fourth-order valence-electron chi connectivity index (χ4n) is 3.31. The summed E-state index contributed by atoms with van der Waals surface area (Å²) in [6, 6.07) is 15.5. The molecular formula is C22H26N2O3. The lowest BCUT2D eigenvalue weighted by Crippen LogP contribution is -2.50. The van der Waals surface area contributed by atoms with Gasteiger partial charge in [0.1, 0.15) is 5.75 Å².